The molecule has 0 radical (unpaired) electrons. The first-order chi connectivity index (χ1) is 17.6. The number of nitrogens with one attached hydrogen (secondary N) is 3. The molecule has 1 aromatic carbocycles. The lowest BCUT2D eigenvalue weighted by Gasteiger charge is -2.10. The summed E-state index contributed by atoms with van der Waals surface area (Å²) in [6.45, 7) is 8.18. The smallest absolute Gasteiger partial charge is 0.166 e. The first kappa shape index (κ1) is 21.7. The van der Waals surface area contributed by atoms with Gasteiger partial charge >= 0.3 is 0 Å². The summed E-state index contributed by atoms with van der Waals surface area (Å²) < 4.78 is 1.88. The van der Waals surface area contributed by atoms with Crippen LogP contribution in [0, 0.1) is 6.92 Å². The molecule has 0 atom stereocenters. The normalized spacial score (nSPS) is 11.4. The largest absolute Gasteiger partial charge is 0.358 e. The zero-order chi connectivity index (χ0) is 24.6. The van der Waals surface area contributed by atoms with Crippen molar-refractivity contribution in [3.05, 3.63) is 79.4 Å². The molecule has 9 heteroatoms. The summed E-state index contributed by atoms with van der Waals surface area (Å²) in [4.78, 5) is 21.6. The fraction of sp³-hybridized carbons (Fsp3) is 0.148. The van der Waals surface area contributed by atoms with Crippen molar-refractivity contribution in [3.8, 4) is 28.5 Å². The number of hydrogen-bond acceptors (Lipinski definition) is 6. The van der Waals surface area contributed by atoms with Crippen LogP contribution in [-0.4, -0.2) is 39.7 Å². The van der Waals surface area contributed by atoms with E-state index in [1.165, 1.54) is 0 Å². The first-order valence-corrected chi connectivity index (χ1v) is 11.8. The fourth-order valence-corrected chi connectivity index (χ4v) is 4.37. The molecule has 0 aliphatic rings. The van der Waals surface area contributed by atoms with Crippen LogP contribution in [0.15, 0.2) is 73.7 Å². The van der Waals surface area contributed by atoms with E-state index < -0.39 is 0 Å². The highest BCUT2D eigenvalue weighted by atomic mass is 15.2. The highest BCUT2D eigenvalue weighted by Gasteiger charge is 2.16. The second-order valence-corrected chi connectivity index (χ2v) is 8.81. The number of imidazole rings is 2. The van der Waals surface area contributed by atoms with Crippen molar-refractivity contribution in [3.63, 3.8) is 0 Å². The molecule has 0 unspecified atom stereocenters. The van der Waals surface area contributed by atoms with Crippen molar-refractivity contribution in [1.82, 2.24) is 39.7 Å². The number of hydrogen-bond donors (Lipinski definition) is 3. The molecule has 36 heavy (non-hydrogen) atoms. The molecule has 0 spiro atoms. The Kier molecular flexibility index (Phi) is 5.29. The predicted molar refractivity (Wildman–Crippen MR) is 142 cm³/mol. The standard InChI is InChI=1S/C27H25N9/c1-4-5-16(2)31-20-10-19(12-28-13-20)18-6-7-22-21(11-18)24(35-34-22)26-32-23-8-9-29-27(25(23)33-26)36-14-17(3)30-15-36/h6-15,31H,2,4-5H2,1,3H3,(H,32,33)(H,34,35). The minimum absolute atomic E-state index is 0.670. The molecule has 0 aliphatic carbocycles. The predicted octanol–water partition coefficient (Wildman–Crippen LogP) is 5.78. The SMILES string of the molecule is C=C(CCC)Nc1cncc(-c2ccc3[nH]nc(-c4nc5c(-n6cnc(C)c6)nccc5[nH]4)c3c2)c1. The molecule has 0 aliphatic heterocycles. The average Bonchev–Trinajstić information content (AvgIpc) is 3.61. The molecule has 0 amide bonds. The van der Waals surface area contributed by atoms with Crippen molar-refractivity contribution in [2.24, 2.45) is 0 Å². The number of H-pyrrole nitrogens is 2. The summed E-state index contributed by atoms with van der Waals surface area (Å²) in [5.74, 6) is 1.39. The van der Waals surface area contributed by atoms with Gasteiger partial charge in [0.05, 0.1) is 28.6 Å². The summed E-state index contributed by atoms with van der Waals surface area (Å²) in [5, 5.41) is 12.0. The van der Waals surface area contributed by atoms with Gasteiger partial charge in [0, 0.05) is 35.2 Å². The Labute approximate surface area is 207 Å². The molecule has 5 heterocycles. The van der Waals surface area contributed by atoms with E-state index >= 15 is 0 Å². The summed E-state index contributed by atoms with van der Waals surface area (Å²) in [5.41, 5.74) is 8.17. The van der Waals surface area contributed by atoms with E-state index in [0.29, 0.717) is 5.82 Å². The zero-order valence-corrected chi connectivity index (χ0v) is 20.1. The number of aryl methyl sites for hydroxylation is 1. The summed E-state index contributed by atoms with van der Waals surface area (Å²) in [6.07, 6.45) is 11.1. The third-order valence-corrected chi connectivity index (χ3v) is 6.07. The Morgan fingerprint density at radius 2 is 2.00 bits per heavy atom. The molecule has 6 aromatic rings. The fourth-order valence-electron chi connectivity index (χ4n) is 4.37. The third kappa shape index (κ3) is 3.90. The summed E-state index contributed by atoms with van der Waals surface area (Å²) in [6, 6.07) is 10.2. The van der Waals surface area contributed by atoms with E-state index in [1.54, 1.807) is 12.5 Å². The Morgan fingerprint density at radius 1 is 1.08 bits per heavy atom. The average molecular weight is 476 g/mol. The number of allylic oxidation sites excluding steroid dienone is 1. The monoisotopic (exact) mass is 475 g/mol. The van der Waals surface area contributed by atoms with Crippen LogP contribution in [0.25, 0.3) is 50.4 Å². The summed E-state index contributed by atoms with van der Waals surface area (Å²) in [7, 11) is 0. The Bertz CT molecular complexity index is 1720. The van der Waals surface area contributed by atoms with Crippen LogP contribution in [0.1, 0.15) is 25.5 Å². The van der Waals surface area contributed by atoms with E-state index in [4.69, 9.17) is 4.98 Å². The van der Waals surface area contributed by atoms with Crippen LogP contribution >= 0.6 is 0 Å². The number of rotatable bonds is 7. The molecule has 178 valence electrons. The van der Waals surface area contributed by atoms with Gasteiger partial charge in [-0.3, -0.25) is 14.6 Å². The molecule has 5 aromatic heterocycles. The lowest BCUT2D eigenvalue weighted by molar-refractivity contribution is 0.913. The second-order valence-electron chi connectivity index (χ2n) is 8.81. The number of aromatic amines is 2. The van der Waals surface area contributed by atoms with Gasteiger partial charge in [-0.2, -0.15) is 5.10 Å². The van der Waals surface area contributed by atoms with E-state index in [9.17, 15) is 0 Å². The molecule has 0 fully saturated rings. The highest BCUT2D eigenvalue weighted by molar-refractivity contribution is 5.96. The van der Waals surface area contributed by atoms with Crippen LogP contribution in [0.3, 0.4) is 0 Å². The zero-order valence-electron chi connectivity index (χ0n) is 20.1. The van der Waals surface area contributed by atoms with Gasteiger partial charge in [-0.25, -0.2) is 15.0 Å². The van der Waals surface area contributed by atoms with E-state index in [1.807, 2.05) is 42.2 Å². The molecule has 6 rings (SSSR count). The van der Waals surface area contributed by atoms with E-state index in [-0.39, 0.29) is 0 Å². The minimum atomic E-state index is 0.670. The van der Waals surface area contributed by atoms with Gasteiger partial charge in [-0.1, -0.05) is 26.0 Å². The highest BCUT2D eigenvalue weighted by Crippen LogP contribution is 2.31. The number of pyridine rings is 2. The van der Waals surface area contributed by atoms with Gasteiger partial charge in [0.2, 0.25) is 0 Å². The Balaban J connectivity index is 1.40. The van der Waals surface area contributed by atoms with E-state index in [2.05, 4.69) is 67.2 Å². The van der Waals surface area contributed by atoms with Gasteiger partial charge in [0.15, 0.2) is 11.6 Å². The Morgan fingerprint density at radius 3 is 2.83 bits per heavy atom. The van der Waals surface area contributed by atoms with Crippen molar-refractivity contribution >= 4 is 27.6 Å². The molecule has 0 saturated carbocycles. The third-order valence-electron chi connectivity index (χ3n) is 6.07. The van der Waals surface area contributed by atoms with Crippen molar-refractivity contribution in [2.75, 3.05) is 5.32 Å². The topological polar surface area (TPSA) is 113 Å². The van der Waals surface area contributed by atoms with Crippen LogP contribution in [0.5, 0.6) is 0 Å². The van der Waals surface area contributed by atoms with Crippen LogP contribution in [0.2, 0.25) is 0 Å². The number of benzene rings is 1. The number of aromatic nitrogens is 8. The van der Waals surface area contributed by atoms with Crippen LogP contribution in [-0.2, 0) is 0 Å². The molecular weight excluding hydrogens is 450 g/mol. The van der Waals surface area contributed by atoms with Crippen molar-refractivity contribution in [2.45, 2.75) is 26.7 Å². The maximum Gasteiger partial charge on any atom is 0.166 e. The number of anilines is 1. The van der Waals surface area contributed by atoms with Crippen molar-refractivity contribution in [1.29, 1.82) is 0 Å². The van der Waals surface area contributed by atoms with Gasteiger partial charge in [0.1, 0.15) is 17.5 Å². The number of nitrogens with zero attached hydrogens (tertiary/aromatic N) is 6. The van der Waals surface area contributed by atoms with Crippen LogP contribution in [0.4, 0.5) is 5.69 Å². The minimum Gasteiger partial charge on any atom is -0.358 e. The lowest BCUT2D eigenvalue weighted by Crippen LogP contribution is -1.98. The first-order valence-electron chi connectivity index (χ1n) is 11.8. The van der Waals surface area contributed by atoms with Gasteiger partial charge < -0.3 is 10.3 Å². The second kappa shape index (κ2) is 8.77. The Hall–Kier alpha value is -4.79. The molecule has 3 N–H and O–H groups in total. The quantitative estimate of drug-likeness (QED) is 0.270. The maximum atomic E-state index is 4.88. The van der Waals surface area contributed by atoms with Gasteiger partial charge in [0.25, 0.3) is 0 Å². The maximum absolute atomic E-state index is 4.88. The lowest BCUT2D eigenvalue weighted by atomic mass is 10.0. The molecule has 0 saturated heterocycles. The van der Waals surface area contributed by atoms with Crippen molar-refractivity contribution < 1.29 is 0 Å². The summed E-state index contributed by atoms with van der Waals surface area (Å²) >= 11 is 0. The number of fused-ring (bicyclic) bond motifs is 2. The van der Waals surface area contributed by atoms with Gasteiger partial charge in [-0.05, 0) is 43.2 Å². The molecule has 9 nitrogen and oxygen atoms in total. The molecule has 0 bridgehead atoms. The van der Waals surface area contributed by atoms with E-state index in [0.717, 1.165) is 74.5 Å². The van der Waals surface area contributed by atoms with Gasteiger partial charge in [-0.15, -0.1) is 0 Å². The van der Waals surface area contributed by atoms with Crippen LogP contribution < -0.4 is 5.32 Å². The molecular formula is C27H25N9.